The first-order valence-corrected chi connectivity index (χ1v) is 7.28. The van der Waals surface area contributed by atoms with Crippen molar-refractivity contribution in [2.24, 2.45) is 10.1 Å². The second-order valence-corrected chi connectivity index (χ2v) is 7.86. The maximum absolute atomic E-state index is 12.1. The Labute approximate surface area is 96.9 Å². The molecule has 0 spiro atoms. The lowest BCUT2D eigenvalue weighted by Crippen LogP contribution is -2.44. The van der Waals surface area contributed by atoms with Crippen LogP contribution in [0.15, 0.2) is 4.36 Å². The van der Waals surface area contributed by atoms with E-state index in [1.165, 1.54) is 6.26 Å². The lowest BCUT2D eigenvalue weighted by molar-refractivity contribution is 0.0607. The Hall–Kier alpha value is -0.620. The summed E-state index contributed by atoms with van der Waals surface area (Å²) in [5, 5.41) is -0.0741. The highest BCUT2D eigenvalue weighted by Gasteiger charge is 2.33. The molecular formula is C10H20N2O3S. The van der Waals surface area contributed by atoms with Gasteiger partial charge in [0.2, 0.25) is 0 Å². The standard InChI is InChI=1S/C10H20N2O3S/c1-10(2,3)15-9(13)12-16(4,14)8-5-7(11)6-8/h7-8H,5-6,11H2,1-4H3. The van der Waals surface area contributed by atoms with Crippen molar-refractivity contribution in [1.82, 2.24) is 0 Å². The van der Waals surface area contributed by atoms with Crippen molar-refractivity contribution in [1.29, 1.82) is 0 Å². The van der Waals surface area contributed by atoms with Crippen LogP contribution in [0.25, 0.3) is 0 Å². The third-order valence-electron chi connectivity index (χ3n) is 2.40. The van der Waals surface area contributed by atoms with Gasteiger partial charge >= 0.3 is 6.09 Å². The van der Waals surface area contributed by atoms with Gasteiger partial charge in [0.1, 0.15) is 5.60 Å². The summed E-state index contributed by atoms with van der Waals surface area (Å²) >= 11 is 0. The molecule has 0 heterocycles. The van der Waals surface area contributed by atoms with E-state index < -0.39 is 21.4 Å². The van der Waals surface area contributed by atoms with Crippen molar-refractivity contribution in [3.63, 3.8) is 0 Å². The molecule has 94 valence electrons. The molecule has 16 heavy (non-hydrogen) atoms. The van der Waals surface area contributed by atoms with Crippen LogP contribution >= 0.6 is 0 Å². The first-order chi connectivity index (χ1) is 7.10. The predicted octanol–water partition coefficient (Wildman–Crippen LogP) is 1.51. The first-order valence-electron chi connectivity index (χ1n) is 5.30. The van der Waals surface area contributed by atoms with Crippen LogP contribution in [0.1, 0.15) is 33.6 Å². The molecule has 5 nitrogen and oxygen atoms in total. The summed E-state index contributed by atoms with van der Waals surface area (Å²) < 4.78 is 20.8. The summed E-state index contributed by atoms with van der Waals surface area (Å²) in [7, 11) is -2.51. The SMILES string of the molecule is CC(C)(C)OC(=O)N=S(C)(=O)C1CC(N)C1. The number of nitrogens with two attached hydrogens (primary N) is 1. The molecule has 1 aliphatic rings. The molecule has 1 rings (SSSR count). The Balaban J connectivity index is 2.68. The van der Waals surface area contributed by atoms with E-state index in [0.29, 0.717) is 12.8 Å². The molecule has 0 bridgehead atoms. The number of hydrogen-bond acceptors (Lipinski definition) is 4. The van der Waals surface area contributed by atoms with Gasteiger partial charge in [-0.25, -0.2) is 9.00 Å². The van der Waals surface area contributed by atoms with E-state index in [-0.39, 0.29) is 11.3 Å². The van der Waals surface area contributed by atoms with Crippen LogP contribution in [-0.2, 0) is 14.5 Å². The van der Waals surface area contributed by atoms with Gasteiger partial charge in [0.25, 0.3) is 0 Å². The summed E-state index contributed by atoms with van der Waals surface area (Å²) in [6.07, 6.45) is 2.08. The fourth-order valence-electron chi connectivity index (χ4n) is 1.47. The summed E-state index contributed by atoms with van der Waals surface area (Å²) in [5.41, 5.74) is 5.01. The number of carbonyl (C=O) groups is 1. The minimum atomic E-state index is -2.51. The zero-order valence-corrected chi connectivity index (χ0v) is 11.0. The van der Waals surface area contributed by atoms with E-state index >= 15 is 0 Å². The smallest absolute Gasteiger partial charge is 0.442 e. The predicted molar refractivity (Wildman–Crippen MR) is 63.7 cm³/mol. The second kappa shape index (κ2) is 4.33. The molecule has 0 aromatic rings. The number of hydrogen-bond donors (Lipinski definition) is 1. The van der Waals surface area contributed by atoms with Crippen LogP contribution in [0.4, 0.5) is 4.79 Å². The van der Waals surface area contributed by atoms with Crippen molar-refractivity contribution in [2.75, 3.05) is 6.26 Å². The van der Waals surface area contributed by atoms with Crippen molar-refractivity contribution < 1.29 is 13.7 Å². The molecule has 0 aliphatic heterocycles. The highest BCUT2D eigenvalue weighted by molar-refractivity contribution is 7.93. The fraction of sp³-hybridized carbons (Fsp3) is 0.900. The highest BCUT2D eigenvalue weighted by Crippen LogP contribution is 2.26. The van der Waals surface area contributed by atoms with Crippen LogP contribution in [0, 0.1) is 0 Å². The normalized spacial score (nSPS) is 28.8. The molecule has 1 aliphatic carbocycles. The maximum Gasteiger partial charge on any atom is 0.442 e. The van der Waals surface area contributed by atoms with Crippen molar-refractivity contribution in [2.45, 2.75) is 50.5 Å². The summed E-state index contributed by atoms with van der Waals surface area (Å²) in [5.74, 6) is 0. The van der Waals surface area contributed by atoms with Crippen molar-refractivity contribution in [3.8, 4) is 0 Å². The molecular weight excluding hydrogens is 228 g/mol. The Morgan fingerprint density at radius 3 is 2.31 bits per heavy atom. The number of amides is 1. The Morgan fingerprint density at radius 1 is 1.44 bits per heavy atom. The molecule has 1 atom stereocenters. The summed E-state index contributed by atoms with van der Waals surface area (Å²) in [6, 6.07) is 0.0969. The quantitative estimate of drug-likeness (QED) is 0.762. The first kappa shape index (κ1) is 13.4. The third kappa shape index (κ3) is 3.75. The molecule has 0 saturated heterocycles. The summed E-state index contributed by atoms with van der Waals surface area (Å²) in [6.45, 7) is 5.24. The second-order valence-electron chi connectivity index (χ2n) is 5.29. The van der Waals surface area contributed by atoms with Crippen LogP contribution < -0.4 is 5.73 Å². The molecule has 0 aromatic carbocycles. The Morgan fingerprint density at radius 2 is 1.94 bits per heavy atom. The maximum atomic E-state index is 12.1. The minimum Gasteiger partial charge on any atom is -0.442 e. The average Bonchev–Trinajstić information content (AvgIpc) is 1.92. The van der Waals surface area contributed by atoms with Crippen LogP contribution in [0.5, 0.6) is 0 Å². The fourth-order valence-corrected chi connectivity index (χ4v) is 3.16. The zero-order valence-electron chi connectivity index (χ0n) is 10.2. The number of ether oxygens (including phenoxy) is 1. The van der Waals surface area contributed by atoms with Gasteiger partial charge in [-0.2, -0.15) is 0 Å². The highest BCUT2D eigenvalue weighted by atomic mass is 32.2. The molecule has 0 aromatic heterocycles. The Kier molecular flexibility index (Phi) is 3.64. The van der Waals surface area contributed by atoms with E-state index in [1.54, 1.807) is 20.8 Å². The molecule has 1 fully saturated rings. The van der Waals surface area contributed by atoms with Crippen molar-refractivity contribution in [3.05, 3.63) is 0 Å². The van der Waals surface area contributed by atoms with E-state index in [2.05, 4.69) is 4.36 Å². The van der Waals surface area contributed by atoms with Crippen LogP contribution in [-0.4, -0.2) is 33.5 Å². The molecule has 1 saturated carbocycles. The Bertz CT molecular complexity index is 385. The van der Waals surface area contributed by atoms with Gasteiger partial charge in [-0.3, -0.25) is 0 Å². The summed E-state index contributed by atoms with van der Waals surface area (Å²) in [4.78, 5) is 11.4. The molecule has 0 radical (unpaired) electrons. The van der Waals surface area contributed by atoms with Crippen LogP contribution in [0.3, 0.4) is 0 Å². The van der Waals surface area contributed by atoms with Gasteiger partial charge in [0, 0.05) is 17.5 Å². The average molecular weight is 248 g/mol. The minimum absolute atomic E-state index is 0.0741. The molecule has 2 N–H and O–H groups in total. The topological polar surface area (TPSA) is 81.8 Å². The van der Waals surface area contributed by atoms with Gasteiger partial charge in [-0.1, -0.05) is 0 Å². The third-order valence-corrected chi connectivity index (χ3v) is 4.53. The van der Waals surface area contributed by atoms with Gasteiger partial charge in [0.15, 0.2) is 0 Å². The monoisotopic (exact) mass is 248 g/mol. The van der Waals surface area contributed by atoms with Crippen molar-refractivity contribution >= 4 is 15.8 Å². The van der Waals surface area contributed by atoms with E-state index in [1.807, 2.05) is 0 Å². The molecule has 1 unspecified atom stereocenters. The zero-order chi connectivity index (χ0) is 12.6. The van der Waals surface area contributed by atoms with E-state index in [0.717, 1.165) is 0 Å². The number of carbonyl (C=O) groups excluding carboxylic acids is 1. The van der Waals surface area contributed by atoms with E-state index in [9.17, 15) is 9.00 Å². The molecule has 6 heteroatoms. The van der Waals surface area contributed by atoms with Gasteiger partial charge in [-0.15, -0.1) is 4.36 Å². The number of nitrogens with zero attached hydrogens (tertiary/aromatic N) is 1. The van der Waals surface area contributed by atoms with Gasteiger partial charge in [0.05, 0.1) is 9.73 Å². The lowest BCUT2D eigenvalue weighted by Gasteiger charge is -2.32. The van der Waals surface area contributed by atoms with Gasteiger partial charge in [-0.05, 0) is 33.6 Å². The lowest BCUT2D eigenvalue weighted by atomic mass is 9.94. The van der Waals surface area contributed by atoms with Gasteiger partial charge < -0.3 is 10.5 Å². The van der Waals surface area contributed by atoms with E-state index in [4.69, 9.17) is 10.5 Å². The number of rotatable bonds is 1. The van der Waals surface area contributed by atoms with Crippen LogP contribution in [0.2, 0.25) is 0 Å². The molecule has 1 amide bonds. The largest absolute Gasteiger partial charge is 0.442 e.